The average molecular weight is 271 g/mol. The van der Waals surface area contributed by atoms with Gasteiger partial charge in [0.05, 0.1) is 22.7 Å². The molecule has 2 rings (SSSR count). The van der Waals surface area contributed by atoms with Gasteiger partial charge in [-0.2, -0.15) is 0 Å². The van der Waals surface area contributed by atoms with Gasteiger partial charge in [0.15, 0.2) is 0 Å². The van der Waals surface area contributed by atoms with Crippen LogP contribution in [-0.4, -0.2) is 28.5 Å². The Labute approximate surface area is 106 Å². The maximum Gasteiger partial charge on any atom is 0.274 e. The van der Waals surface area contributed by atoms with E-state index in [1.54, 1.807) is 11.8 Å². The van der Waals surface area contributed by atoms with Gasteiger partial charge in [-0.05, 0) is 6.07 Å². The number of carbonyl (C=O) groups is 1. The Kier molecular flexibility index (Phi) is 3.78. The van der Waals surface area contributed by atoms with E-state index in [0.717, 1.165) is 18.2 Å². The summed E-state index contributed by atoms with van der Waals surface area (Å²) in [6.45, 7) is 0. The number of amides is 1. The predicted octanol–water partition coefficient (Wildman–Crippen LogP) is 1.33. The van der Waals surface area contributed by atoms with Gasteiger partial charge in [-0.1, -0.05) is 0 Å². The van der Waals surface area contributed by atoms with Crippen LogP contribution in [-0.2, 0) is 4.79 Å². The van der Waals surface area contributed by atoms with Gasteiger partial charge in [0.1, 0.15) is 5.82 Å². The molecular weight excluding hydrogens is 261 g/mol. The third kappa shape index (κ3) is 2.96. The van der Waals surface area contributed by atoms with Crippen molar-refractivity contribution in [1.29, 1.82) is 0 Å². The summed E-state index contributed by atoms with van der Waals surface area (Å²) in [7, 11) is 0. The highest BCUT2D eigenvalue weighted by molar-refractivity contribution is 7.99. The van der Waals surface area contributed by atoms with Gasteiger partial charge in [0.25, 0.3) is 5.69 Å². The third-order valence-electron chi connectivity index (χ3n) is 2.39. The number of rotatable bonds is 3. The Bertz CT molecular complexity index is 491. The molecule has 0 saturated carbocycles. The summed E-state index contributed by atoms with van der Waals surface area (Å²) in [6.07, 6.45) is 0. The van der Waals surface area contributed by atoms with Gasteiger partial charge < -0.3 is 5.32 Å². The zero-order chi connectivity index (χ0) is 13.1. The molecule has 1 aliphatic heterocycles. The minimum atomic E-state index is -0.756. The number of nitrogens with one attached hydrogen (secondary N) is 2. The molecule has 1 aromatic rings. The number of hydrogen-bond donors (Lipinski definition) is 2. The van der Waals surface area contributed by atoms with Crippen molar-refractivity contribution < 1.29 is 14.1 Å². The number of hydrogen-bond acceptors (Lipinski definition) is 5. The maximum absolute atomic E-state index is 13.1. The lowest BCUT2D eigenvalue weighted by atomic mass is 10.2. The molecule has 1 unspecified atom stereocenters. The first-order chi connectivity index (χ1) is 8.56. The largest absolute Gasteiger partial charge is 0.324 e. The van der Waals surface area contributed by atoms with Crippen molar-refractivity contribution >= 4 is 29.0 Å². The lowest BCUT2D eigenvalue weighted by Gasteiger charge is -2.10. The van der Waals surface area contributed by atoms with Crippen LogP contribution in [0, 0.1) is 15.9 Å². The molecule has 1 aromatic carbocycles. The Morgan fingerprint density at radius 3 is 2.94 bits per heavy atom. The number of nitro groups is 1. The van der Waals surface area contributed by atoms with Crippen molar-refractivity contribution in [3.05, 3.63) is 34.1 Å². The molecule has 6 nitrogen and oxygen atoms in total. The molecule has 0 spiro atoms. The molecule has 2 N–H and O–H groups in total. The lowest BCUT2D eigenvalue weighted by molar-refractivity contribution is -0.385. The summed E-state index contributed by atoms with van der Waals surface area (Å²) in [6, 6.07) is 2.63. The van der Waals surface area contributed by atoms with E-state index < -0.39 is 10.7 Å². The summed E-state index contributed by atoms with van der Waals surface area (Å²) in [5.74, 6) is 0.234. The summed E-state index contributed by atoms with van der Waals surface area (Å²) in [5.41, 5.74) is -0.301. The summed E-state index contributed by atoms with van der Waals surface area (Å²) in [5, 5.41) is 16.0. The van der Waals surface area contributed by atoms with Crippen LogP contribution in [0.1, 0.15) is 0 Å². The van der Waals surface area contributed by atoms with Crippen LogP contribution in [0.15, 0.2) is 18.2 Å². The van der Waals surface area contributed by atoms with Crippen molar-refractivity contribution in [2.75, 3.05) is 16.9 Å². The second kappa shape index (κ2) is 5.32. The van der Waals surface area contributed by atoms with E-state index in [1.165, 1.54) is 0 Å². The molecule has 96 valence electrons. The lowest BCUT2D eigenvalue weighted by Crippen LogP contribution is -2.37. The van der Waals surface area contributed by atoms with Crippen LogP contribution in [0.4, 0.5) is 15.8 Å². The van der Waals surface area contributed by atoms with Gasteiger partial charge >= 0.3 is 0 Å². The molecular formula is C10H10FN3O3S. The molecule has 18 heavy (non-hydrogen) atoms. The highest BCUT2D eigenvalue weighted by Gasteiger charge is 2.23. The first-order valence-electron chi connectivity index (χ1n) is 5.13. The fourth-order valence-electron chi connectivity index (χ4n) is 1.54. The molecule has 8 heteroatoms. The van der Waals surface area contributed by atoms with E-state index in [-0.39, 0.29) is 23.3 Å². The molecule has 1 heterocycles. The first-order valence-corrected chi connectivity index (χ1v) is 6.29. The van der Waals surface area contributed by atoms with Gasteiger partial charge in [-0.3, -0.25) is 20.2 Å². The summed E-state index contributed by atoms with van der Waals surface area (Å²) < 4.78 is 13.1. The zero-order valence-corrected chi connectivity index (χ0v) is 10.00. The van der Waals surface area contributed by atoms with Crippen LogP contribution in [0.25, 0.3) is 0 Å². The first kappa shape index (κ1) is 12.8. The highest BCUT2D eigenvalue weighted by Crippen LogP contribution is 2.20. The van der Waals surface area contributed by atoms with Crippen molar-refractivity contribution in [3.8, 4) is 0 Å². The van der Waals surface area contributed by atoms with Gasteiger partial charge in [0.2, 0.25) is 5.91 Å². The van der Waals surface area contributed by atoms with E-state index in [4.69, 9.17) is 0 Å². The van der Waals surface area contributed by atoms with Crippen molar-refractivity contribution in [2.45, 2.75) is 6.04 Å². The topological polar surface area (TPSA) is 84.3 Å². The highest BCUT2D eigenvalue weighted by atomic mass is 32.2. The number of carbonyl (C=O) groups excluding carboxylic acids is 1. The second-order valence-electron chi connectivity index (χ2n) is 3.72. The van der Waals surface area contributed by atoms with Crippen molar-refractivity contribution in [2.24, 2.45) is 0 Å². The van der Waals surface area contributed by atoms with E-state index >= 15 is 0 Å². The summed E-state index contributed by atoms with van der Waals surface area (Å²) in [4.78, 5) is 21.6. The van der Waals surface area contributed by atoms with Gasteiger partial charge in [-0.15, -0.1) is 11.8 Å². The molecule has 0 aromatic heterocycles. The molecule has 1 fully saturated rings. The van der Waals surface area contributed by atoms with Crippen LogP contribution < -0.4 is 10.6 Å². The third-order valence-corrected chi connectivity index (χ3v) is 3.33. The van der Waals surface area contributed by atoms with Crippen LogP contribution in [0.2, 0.25) is 0 Å². The number of thioether (sulfide) groups is 1. The number of benzene rings is 1. The second-order valence-corrected chi connectivity index (χ2v) is 4.75. The van der Waals surface area contributed by atoms with Crippen LogP contribution >= 0.6 is 11.8 Å². The van der Waals surface area contributed by atoms with E-state index in [1.807, 2.05) is 0 Å². The molecule has 0 bridgehead atoms. The molecule has 0 aliphatic carbocycles. The smallest absolute Gasteiger partial charge is 0.274 e. The number of halogens is 1. The van der Waals surface area contributed by atoms with Crippen LogP contribution in [0.3, 0.4) is 0 Å². The standard InChI is InChI=1S/C10H10FN3O3S/c11-6-1-7(3-8(2-6)14(16)17)13-10(15)9-4-18-5-12-9/h1-3,9,12H,4-5H2,(H,13,15). The molecule has 1 aliphatic rings. The fourth-order valence-corrected chi connectivity index (χ4v) is 2.49. The maximum atomic E-state index is 13.1. The quantitative estimate of drug-likeness (QED) is 0.640. The molecule has 1 saturated heterocycles. The summed E-state index contributed by atoms with van der Waals surface area (Å²) >= 11 is 1.58. The van der Waals surface area contributed by atoms with Gasteiger partial charge in [-0.25, -0.2) is 4.39 Å². The van der Waals surface area contributed by atoms with Crippen LogP contribution in [0.5, 0.6) is 0 Å². The minimum absolute atomic E-state index is 0.0883. The van der Waals surface area contributed by atoms with Gasteiger partial charge in [0, 0.05) is 17.7 Å². The van der Waals surface area contributed by atoms with E-state index in [0.29, 0.717) is 11.6 Å². The number of nitro benzene ring substituents is 1. The Hall–Kier alpha value is -1.67. The average Bonchev–Trinajstić information content (AvgIpc) is 2.81. The zero-order valence-electron chi connectivity index (χ0n) is 9.18. The normalized spacial score (nSPS) is 18.6. The number of non-ortho nitro benzene ring substituents is 1. The van der Waals surface area contributed by atoms with E-state index in [2.05, 4.69) is 10.6 Å². The number of anilines is 1. The monoisotopic (exact) mass is 271 g/mol. The Morgan fingerprint density at radius 1 is 1.56 bits per heavy atom. The Morgan fingerprint density at radius 2 is 2.33 bits per heavy atom. The molecule has 1 amide bonds. The molecule has 0 radical (unpaired) electrons. The van der Waals surface area contributed by atoms with Crippen molar-refractivity contribution in [1.82, 2.24) is 5.32 Å². The molecule has 1 atom stereocenters. The Balaban J connectivity index is 2.13. The fraction of sp³-hybridized carbons (Fsp3) is 0.300. The van der Waals surface area contributed by atoms with E-state index in [9.17, 15) is 19.3 Å². The predicted molar refractivity (Wildman–Crippen MR) is 65.9 cm³/mol. The number of nitrogens with zero attached hydrogens (tertiary/aromatic N) is 1. The SMILES string of the molecule is O=C(Nc1cc(F)cc([N+](=O)[O-])c1)C1CSCN1. The van der Waals surface area contributed by atoms with Crippen molar-refractivity contribution in [3.63, 3.8) is 0 Å². The minimum Gasteiger partial charge on any atom is -0.324 e.